The van der Waals surface area contributed by atoms with Crippen LogP contribution in [0.4, 0.5) is 4.39 Å². The monoisotopic (exact) mass is 286 g/mol. The third-order valence-electron chi connectivity index (χ3n) is 3.85. The summed E-state index contributed by atoms with van der Waals surface area (Å²) in [5.41, 5.74) is 3.78. The molecule has 0 spiro atoms. The van der Waals surface area contributed by atoms with Crippen molar-refractivity contribution < 1.29 is 9.13 Å². The molecule has 0 aliphatic carbocycles. The van der Waals surface area contributed by atoms with Gasteiger partial charge in [0.2, 0.25) is 0 Å². The van der Waals surface area contributed by atoms with E-state index in [-0.39, 0.29) is 18.0 Å². The average molecular weight is 287 g/mol. The number of benzene rings is 1. The van der Waals surface area contributed by atoms with Crippen molar-refractivity contribution in [2.75, 3.05) is 6.61 Å². The van der Waals surface area contributed by atoms with Crippen LogP contribution in [0, 0.1) is 11.7 Å². The van der Waals surface area contributed by atoms with E-state index in [1.54, 1.807) is 6.07 Å². The molecular weight excluding hydrogens is 267 g/mol. The molecule has 19 heavy (non-hydrogen) atoms. The minimum atomic E-state index is -0.318. The fourth-order valence-electron chi connectivity index (χ4n) is 2.80. The fourth-order valence-corrected chi connectivity index (χ4v) is 3.05. The van der Waals surface area contributed by atoms with Gasteiger partial charge in [0.25, 0.3) is 0 Å². The Bertz CT molecular complexity index is 430. The maximum atomic E-state index is 13.0. The summed E-state index contributed by atoms with van der Waals surface area (Å²) in [7, 11) is 0. The van der Waals surface area contributed by atoms with Gasteiger partial charge in [-0.25, -0.2) is 4.39 Å². The molecule has 106 valence electrons. The average Bonchev–Trinajstić information content (AvgIpc) is 2.86. The maximum Gasteiger partial charge on any atom is 0.124 e. The normalized spacial score (nSPS) is 24.6. The van der Waals surface area contributed by atoms with E-state index in [0.29, 0.717) is 17.4 Å². The number of hydrogen-bond acceptors (Lipinski definition) is 3. The van der Waals surface area contributed by atoms with E-state index in [9.17, 15) is 4.39 Å². The molecule has 5 heteroatoms. The molecule has 2 rings (SSSR count). The van der Waals surface area contributed by atoms with Gasteiger partial charge >= 0.3 is 0 Å². The zero-order valence-electron chi connectivity index (χ0n) is 11.0. The second-order valence-electron chi connectivity index (χ2n) is 4.98. The van der Waals surface area contributed by atoms with Crippen LogP contribution in [0.5, 0.6) is 0 Å². The van der Waals surface area contributed by atoms with Crippen LogP contribution in [0.25, 0.3) is 0 Å². The molecule has 1 aliphatic heterocycles. The summed E-state index contributed by atoms with van der Waals surface area (Å²) in [6.45, 7) is 2.89. The Hall–Kier alpha value is -0.680. The van der Waals surface area contributed by atoms with Crippen LogP contribution in [-0.2, 0) is 11.2 Å². The van der Waals surface area contributed by atoms with Crippen LogP contribution in [0.15, 0.2) is 18.2 Å². The Morgan fingerprint density at radius 3 is 3.00 bits per heavy atom. The van der Waals surface area contributed by atoms with E-state index in [1.807, 2.05) is 0 Å². The van der Waals surface area contributed by atoms with Gasteiger partial charge in [-0.2, -0.15) is 0 Å². The predicted molar refractivity (Wildman–Crippen MR) is 74.4 cm³/mol. The molecule has 1 fully saturated rings. The molecule has 1 aliphatic rings. The quantitative estimate of drug-likeness (QED) is 0.646. The van der Waals surface area contributed by atoms with Gasteiger partial charge < -0.3 is 4.74 Å². The molecule has 0 aromatic heterocycles. The molecule has 3 nitrogen and oxygen atoms in total. The Kier molecular flexibility index (Phi) is 5.16. The molecule has 1 aromatic rings. The highest BCUT2D eigenvalue weighted by Crippen LogP contribution is 2.29. The van der Waals surface area contributed by atoms with E-state index in [4.69, 9.17) is 22.2 Å². The number of rotatable bonds is 5. The van der Waals surface area contributed by atoms with Crippen molar-refractivity contribution >= 4 is 11.6 Å². The minimum absolute atomic E-state index is 0.0930. The summed E-state index contributed by atoms with van der Waals surface area (Å²) in [6, 6.07) is 4.58. The Labute approximate surface area is 118 Å². The van der Waals surface area contributed by atoms with E-state index >= 15 is 0 Å². The molecule has 1 heterocycles. The van der Waals surface area contributed by atoms with Crippen molar-refractivity contribution in [2.45, 2.75) is 38.3 Å². The number of halogens is 2. The van der Waals surface area contributed by atoms with E-state index < -0.39 is 0 Å². The molecule has 3 N–H and O–H groups in total. The highest BCUT2D eigenvalue weighted by atomic mass is 35.5. The van der Waals surface area contributed by atoms with Crippen molar-refractivity contribution in [1.82, 2.24) is 5.43 Å². The Morgan fingerprint density at radius 2 is 2.37 bits per heavy atom. The summed E-state index contributed by atoms with van der Waals surface area (Å²) in [5, 5.41) is 0.451. The molecule has 1 aromatic carbocycles. The molecule has 3 unspecified atom stereocenters. The number of ether oxygens (including phenoxy) is 1. The van der Waals surface area contributed by atoms with E-state index in [1.165, 1.54) is 12.1 Å². The summed E-state index contributed by atoms with van der Waals surface area (Å²) < 4.78 is 18.7. The molecule has 0 saturated carbocycles. The van der Waals surface area contributed by atoms with Crippen molar-refractivity contribution in [2.24, 2.45) is 11.8 Å². The maximum absolute atomic E-state index is 13.0. The van der Waals surface area contributed by atoms with Crippen molar-refractivity contribution in [3.05, 3.63) is 34.6 Å². The van der Waals surface area contributed by atoms with Crippen LogP contribution in [0.2, 0.25) is 5.02 Å². The summed E-state index contributed by atoms with van der Waals surface area (Å²) in [5.74, 6) is 5.73. The molecular formula is C14H20ClFN2O. The number of nitrogens with one attached hydrogen (secondary N) is 1. The topological polar surface area (TPSA) is 47.3 Å². The Morgan fingerprint density at radius 1 is 1.58 bits per heavy atom. The second-order valence-corrected chi connectivity index (χ2v) is 5.39. The van der Waals surface area contributed by atoms with E-state index in [2.05, 4.69) is 12.3 Å². The van der Waals surface area contributed by atoms with Crippen LogP contribution >= 0.6 is 11.6 Å². The Balaban J connectivity index is 2.10. The summed E-state index contributed by atoms with van der Waals surface area (Å²) >= 11 is 6.07. The fraction of sp³-hybridized carbons (Fsp3) is 0.571. The lowest BCUT2D eigenvalue weighted by Gasteiger charge is -2.26. The lowest BCUT2D eigenvalue weighted by Crippen LogP contribution is -2.45. The first-order chi connectivity index (χ1) is 9.15. The molecule has 0 bridgehead atoms. The third kappa shape index (κ3) is 3.45. The van der Waals surface area contributed by atoms with E-state index in [0.717, 1.165) is 25.0 Å². The van der Waals surface area contributed by atoms with Gasteiger partial charge in [-0.15, -0.1) is 0 Å². The highest BCUT2D eigenvalue weighted by Gasteiger charge is 2.33. The van der Waals surface area contributed by atoms with Gasteiger partial charge in [0, 0.05) is 23.6 Å². The van der Waals surface area contributed by atoms with Gasteiger partial charge in [-0.3, -0.25) is 11.3 Å². The molecule has 0 amide bonds. The molecule has 3 atom stereocenters. The lowest BCUT2D eigenvalue weighted by molar-refractivity contribution is 0.0775. The van der Waals surface area contributed by atoms with Crippen LogP contribution < -0.4 is 11.3 Å². The van der Waals surface area contributed by atoms with Crippen molar-refractivity contribution in [3.8, 4) is 0 Å². The van der Waals surface area contributed by atoms with Crippen LogP contribution in [0.3, 0.4) is 0 Å². The largest absolute Gasteiger partial charge is 0.378 e. The third-order valence-corrected chi connectivity index (χ3v) is 4.20. The molecule has 1 saturated heterocycles. The minimum Gasteiger partial charge on any atom is -0.378 e. The zero-order valence-corrected chi connectivity index (χ0v) is 11.8. The van der Waals surface area contributed by atoms with Crippen LogP contribution in [-0.4, -0.2) is 18.8 Å². The highest BCUT2D eigenvalue weighted by molar-refractivity contribution is 6.31. The lowest BCUT2D eigenvalue weighted by atomic mass is 9.87. The zero-order chi connectivity index (χ0) is 13.8. The summed E-state index contributed by atoms with van der Waals surface area (Å²) in [4.78, 5) is 0. The SMILES string of the molecule is CCC1OCCC1C(Cc1ccc(F)cc1Cl)NN. The van der Waals surface area contributed by atoms with Crippen molar-refractivity contribution in [1.29, 1.82) is 0 Å². The first-order valence-corrected chi connectivity index (χ1v) is 7.05. The standard InChI is InChI=1S/C14H20ClFN2O/c1-2-14-11(5-6-19-14)13(18-17)7-9-3-4-10(16)8-12(9)15/h3-4,8,11,13-14,18H,2,5-7,17H2,1H3. The molecule has 0 radical (unpaired) electrons. The van der Waals surface area contributed by atoms with Gasteiger partial charge in [0.1, 0.15) is 5.82 Å². The summed E-state index contributed by atoms with van der Waals surface area (Å²) in [6.07, 6.45) is 2.88. The van der Waals surface area contributed by atoms with Gasteiger partial charge in [0.05, 0.1) is 6.10 Å². The number of hydrazine groups is 1. The van der Waals surface area contributed by atoms with Gasteiger partial charge in [-0.1, -0.05) is 24.6 Å². The van der Waals surface area contributed by atoms with Gasteiger partial charge in [0.15, 0.2) is 0 Å². The van der Waals surface area contributed by atoms with Crippen molar-refractivity contribution in [3.63, 3.8) is 0 Å². The van der Waals surface area contributed by atoms with Gasteiger partial charge in [-0.05, 0) is 37.0 Å². The number of nitrogens with two attached hydrogens (primary N) is 1. The first kappa shape index (κ1) is 14.7. The first-order valence-electron chi connectivity index (χ1n) is 6.67. The predicted octanol–water partition coefficient (Wildman–Crippen LogP) is 2.67. The smallest absolute Gasteiger partial charge is 0.124 e. The second kappa shape index (κ2) is 6.66. The van der Waals surface area contributed by atoms with Crippen LogP contribution in [0.1, 0.15) is 25.3 Å². The number of hydrogen-bond donors (Lipinski definition) is 2.